The van der Waals surface area contributed by atoms with Crippen molar-refractivity contribution in [2.75, 3.05) is 46.6 Å². The molecule has 0 radical (unpaired) electrons. The molecule has 0 amide bonds. The molecule has 3 nitrogen and oxygen atoms in total. The zero-order valence-corrected chi connectivity index (χ0v) is 8.63. The van der Waals surface area contributed by atoms with E-state index in [2.05, 4.69) is 4.90 Å². The Morgan fingerprint density at radius 2 is 1.92 bits per heavy atom. The number of ether oxygens (including phenoxy) is 2. The molecule has 0 aromatic heterocycles. The zero-order valence-electron chi connectivity index (χ0n) is 8.63. The fraction of sp³-hybridized carbons (Fsp3) is 1.00. The minimum atomic E-state index is 0.906. The molecule has 1 fully saturated rings. The Kier molecular flexibility index (Phi) is 6.15. The maximum Gasteiger partial charge on any atom is 0.0594 e. The molecule has 78 valence electrons. The molecule has 0 N–H and O–H groups in total. The van der Waals surface area contributed by atoms with Crippen LogP contribution in [0.4, 0.5) is 0 Å². The summed E-state index contributed by atoms with van der Waals surface area (Å²) in [4.78, 5) is 2.48. The van der Waals surface area contributed by atoms with Gasteiger partial charge in [-0.2, -0.15) is 0 Å². The minimum Gasteiger partial charge on any atom is -0.385 e. The smallest absolute Gasteiger partial charge is 0.0594 e. The molecule has 0 atom stereocenters. The first-order valence-corrected chi connectivity index (χ1v) is 5.22. The van der Waals surface area contributed by atoms with Gasteiger partial charge in [0.15, 0.2) is 0 Å². The lowest BCUT2D eigenvalue weighted by atomic mass is 10.2. The number of unbranched alkanes of at least 4 members (excludes halogenated alkanes) is 2. The van der Waals surface area contributed by atoms with E-state index >= 15 is 0 Å². The molecule has 0 saturated carbocycles. The number of hydrogen-bond donors (Lipinski definition) is 0. The van der Waals surface area contributed by atoms with Gasteiger partial charge in [0.05, 0.1) is 13.2 Å². The first kappa shape index (κ1) is 11.0. The molecule has 1 aliphatic rings. The van der Waals surface area contributed by atoms with Crippen molar-refractivity contribution < 1.29 is 9.47 Å². The van der Waals surface area contributed by atoms with Crippen molar-refractivity contribution in [3.05, 3.63) is 0 Å². The molecule has 1 saturated heterocycles. The Morgan fingerprint density at radius 1 is 1.15 bits per heavy atom. The highest BCUT2D eigenvalue weighted by Crippen LogP contribution is 2.01. The first-order chi connectivity index (χ1) is 6.43. The molecule has 0 spiro atoms. The molecule has 13 heavy (non-hydrogen) atoms. The van der Waals surface area contributed by atoms with Crippen molar-refractivity contribution in [2.24, 2.45) is 0 Å². The molecule has 0 unspecified atom stereocenters. The maximum absolute atomic E-state index is 5.28. The lowest BCUT2D eigenvalue weighted by Crippen LogP contribution is -2.36. The van der Waals surface area contributed by atoms with Crippen LogP contribution in [-0.2, 0) is 9.47 Å². The lowest BCUT2D eigenvalue weighted by Gasteiger charge is -2.26. The molecule has 1 rings (SSSR count). The summed E-state index contributed by atoms with van der Waals surface area (Å²) in [5.74, 6) is 0. The lowest BCUT2D eigenvalue weighted by molar-refractivity contribution is 0.0369. The van der Waals surface area contributed by atoms with Crippen LogP contribution in [-0.4, -0.2) is 51.5 Å². The highest BCUT2D eigenvalue weighted by molar-refractivity contribution is 4.61. The standard InChI is InChI=1S/C10H21NO2/c1-12-8-4-2-3-5-11-6-9-13-10-7-11/h2-10H2,1H3. The monoisotopic (exact) mass is 187 g/mol. The fourth-order valence-electron chi connectivity index (χ4n) is 1.58. The molecule has 0 bridgehead atoms. The highest BCUT2D eigenvalue weighted by atomic mass is 16.5. The van der Waals surface area contributed by atoms with E-state index in [-0.39, 0.29) is 0 Å². The molecule has 0 aromatic carbocycles. The van der Waals surface area contributed by atoms with Gasteiger partial charge < -0.3 is 9.47 Å². The van der Waals surface area contributed by atoms with Crippen molar-refractivity contribution in [3.8, 4) is 0 Å². The summed E-state index contributed by atoms with van der Waals surface area (Å²) in [7, 11) is 1.77. The van der Waals surface area contributed by atoms with E-state index in [4.69, 9.17) is 9.47 Å². The van der Waals surface area contributed by atoms with Gasteiger partial charge in [-0.05, 0) is 25.8 Å². The average Bonchev–Trinajstić information content (AvgIpc) is 2.19. The normalized spacial score (nSPS) is 19.2. The predicted octanol–water partition coefficient (Wildman–Crippen LogP) is 1.14. The predicted molar refractivity (Wildman–Crippen MR) is 53.0 cm³/mol. The SMILES string of the molecule is COCCCCCN1CCOCC1. The second-order valence-electron chi connectivity index (χ2n) is 3.51. The molecular formula is C10H21NO2. The van der Waals surface area contributed by atoms with Crippen LogP contribution in [0.5, 0.6) is 0 Å². The van der Waals surface area contributed by atoms with Crippen LogP contribution in [0.2, 0.25) is 0 Å². The summed E-state index contributed by atoms with van der Waals surface area (Å²) in [5, 5.41) is 0. The van der Waals surface area contributed by atoms with Crippen molar-refractivity contribution in [1.82, 2.24) is 4.90 Å². The largest absolute Gasteiger partial charge is 0.385 e. The number of hydrogen-bond acceptors (Lipinski definition) is 3. The van der Waals surface area contributed by atoms with Gasteiger partial charge in [-0.25, -0.2) is 0 Å². The van der Waals surface area contributed by atoms with Crippen LogP contribution in [0.25, 0.3) is 0 Å². The van der Waals surface area contributed by atoms with Gasteiger partial charge in [-0.1, -0.05) is 0 Å². The Morgan fingerprint density at radius 3 is 2.62 bits per heavy atom. The third-order valence-electron chi connectivity index (χ3n) is 2.43. The Labute approximate surface area is 81.0 Å². The highest BCUT2D eigenvalue weighted by Gasteiger charge is 2.08. The second-order valence-corrected chi connectivity index (χ2v) is 3.51. The number of nitrogens with zero attached hydrogens (tertiary/aromatic N) is 1. The Hall–Kier alpha value is -0.120. The summed E-state index contributed by atoms with van der Waals surface area (Å²) in [6.45, 7) is 6.20. The van der Waals surface area contributed by atoms with E-state index < -0.39 is 0 Å². The number of methoxy groups -OCH3 is 1. The van der Waals surface area contributed by atoms with E-state index in [1.165, 1.54) is 25.8 Å². The van der Waals surface area contributed by atoms with Crippen LogP contribution in [0.1, 0.15) is 19.3 Å². The van der Waals surface area contributed by atoms with E-state index in [9.17, 15) is 0 Å². The summed E-state index contributed by atoms with van der Waals surface area (Å²) >= 11 is 0. The molecule has 1 heterocycles. The van der Waals surface area contributed by atoms with Gasteiger partial charge in [0.25, 0.3) is 0 Å². The summed E-state index contributed by atoms with van der Waals surface area (Å²) in [6, 6.07) is 0. The van der Waals surface area contributed by atoms with Crippen LogP contribution < -0.4 is 0 Å². The van der Waals surface area contributed by atoms with Gasteiger partial charge in [0.1, 0.15) is 0 Å². The minimum absolute atomic E-state index is 0.906. The van der Waals surface area contributed by atoms with Crippen molar-refractivity contribution >= 4 is 0 Å². The van der Waals surface area contributed by atoms with Gasteiger partial charge in [0.2, 0.25) is 0 Å². The Bertz CT molecular complexity index is 113. The third kappa shape index (κ3) is 5.24. The van der Waals surface area contributed by atoms with Crippen LogP contribution >= 0.6 is 0 Å². The first-order valence-electron chi connectivity index (χ1n) is 5.22. The third-order valence-corrected chi connectivity index (χ3v) is 2.43. The molecule has 3 heteroatoms. The van der Waals surface area contributed by atoms with Crippen LogP contribution in [0, 0.1) is 0 Å². The van der Waals surface area contributed by atoms with Crippen LogP contribution in [0.15, 0.2) is 0 Å². The summed E-state index contributed by atoms with van der Waals surface area (Å²) < 4.78 is 10.3. The maximum atomic E-state index is 5.28. The second kappa shape index (κ2) is 7.30. The average molecular weight is 187 g/mol. The molecule has 1 aliphatic heterocycles. The fourth-order valence-corrected chi connectivity index (χ4v) is 1.58. The van der Waals surface area contributed by atoms with Crippen molar-refractivity contribution in [3.63, 3.8) is 0 Å². The van der Waals surface area contributed by atoms with Crippen molar-refractivity contribution in [2.45, 2.75) is 19.3 Å². The van der Waals surface area contributed by atoms with Gasteiger partial charge in [-0.3, -0.25) is 4.90 Å². The topological polar surface area (TPSA) is 21.7 Å². The van der Waals surface area contributed by atoms with E-state index in [0.29, 0.717) is 0 Å². The number of rotatable bonds is 6. The van der Waals surface area contributed by atoms with E-state index in [0.717, 1.165) is 32.9 Å². The quantitative estimate of drug-likeness (QED) is 0.582. The zero-order chi connectivity index (χ0) is 9.36. The molecule has 0 aromatic rings. The van der Waals surface area contributed by atoms with Crippen molar-refractivity contribution in [1.29, 1.82) is 0 Å². The summed E-state index contributed by atoms with van der Waals surface area (Å²) in [6.07, 6.45) is 3.77. The van der Waals surface area contributed by atoms with Gasteiger partial charge in [0, 0.05) is 26.8 Å². The number of morpholine rings is 1. The van der Waals surface area contributed by atoms with Gasteiger partial charge in [-0.15, -0.1) is 0 Å². The molecular weight excluding hydrogens is 166 g/mol. The molecule has 0 aliphatic carbocycles. The summed E-state index contributed by atoms with van der Waals surface area (Å²) in [5.41, 5.74) is 0. The van der Waals surface area contributed by atoms with Crippen LogP contribution in [0.3, 0.4) is 0 Å². The van der Waals surface area contributed by atoms with E-state index in [1.807, 2.05) is 0 Å². The van der Waals surface area contributed by atoms with Gasteiger partial charge >= 0.3 is 0 Å². The van der Waals surface area contributed by atoms with E-state index in [1.54, 1.807) is 7.11 Å². The Balaban J connectivity index is 1.86.